The molecule has 75 heavy (non-hydrogen) atoms. The first-order valence-corrected chi connectivity index (χ1v) is 25.9. The number of nitroso groups, excluding NO2 is 1. The number of nitro groups is 1. The molecule has 3 N–H and O–H groups in total. The van der Waals surface area contributed by atoms with E-state index in [4.69, 9.17) is 42.6 Å². The van der Waals surface area contributed by atoms with Crippen molar-refractivity contribution in [1.82, 2.24) is 0 Å². The molecule has 0 spiro atoms. The Morgan fingerprint density at radius 2 is 1.48 bits per heavy atom. The number of Topliss-reactive ketones (excluding diaryl/α,β-unsaturated/α-hetero) is 1. The highest BCUT2D eigenvalue weighted by molar-refractivity contribution is 5.89. The molecule has 3 saturated carbocycles. The third-order valence-corrected chi connectivity index (χ3v) is 17.3. The van der Waals surface area contributed by atoms with Gasteiger partial charge in [0.05, 0.1) is 43.0 Å². The highest BCUT2D eigenvalue weighted by Crippen LogP contribution is 2.69. The van der Waals surface area contributed by atoms with Crippen molar-refractivity contribution < 1.29 is 82.1 Å². The van der Waals surface area contributed by atoms with Gasteiger partial charge in [-0.2, -0.15) is 4.91 Å². The molecule has 2 aromatic rings. The van der Waals surface area contributed by atoms with E-state index in [-0.39, 0.29) is 64.3 Å². The SMILES string of the molecule is COc1ccc(C(=O)OC2C(OC3C(O)COC(OC4C[C@H]5C6CC=C7CC(N=O)CCC7(C)C6CCC5(C)[C@@]4(O)[C@H](C)C(=O)CCC(C)C)C3OC(C)=O)OCC(O)C2OC(=O)Oc2ccc([N+](=O)[O-])cc2)cc1. The number of allylic oxidation sites excluding steroid dienone is 1. The maximum Gasteiger partial charge on any atom is 0.514 e. The molecule has 410 valence electrons. The normalized spacial score (nSPS) is 36.6. The van der Waals surface area contributed by atoms with Crippen LogP contribution in [0.2, 0.25) is 0 Å². The Morgan fingerprint density at radius 3 is 2.11 bits per heavy atom. The van der Waals surface area contributed by atoms with Gasteiger partial charge in [-0.25, -0.2) is 9.59 Å². The number of rotatable bonds is 17. The third kappa shape index (κ3) is 11.1. The maximum atomic E-state index is 14.3. The lowest BCUT2D eigenvalue weighted by Gasteiger charge is -2.59. The zero-order chi connectivity index (χ0) is 54.1. The first-order valence-electron chi connectivity index (χ1n) is 25.9. The number of nitro benzene ring substituents is 1. The molecule has 2 aromatic carbocycles. The van der Waals surface area contributed by atoms with E-state index in [2.05, 4.69) is 18.2 Å². The fraction of sp³-hybridized carbons (Fsp3) is 0.667. The number of ether oxygens (including phenoxy) is 9. The Kier molecular flexibility index (Phi) is 16.9. The molecular formula is C54H70N2O19. The average molecular weight is 1050 g/mol. The maximum absolute atomic E-state index is 14.3. The van der Waals surface area contributed by atoms with E-state index in [0.29, 0.717) is 44.3 Å². The first-order chi connectivity index (χ1) is 35.6. The van der Waals surface area contributed by atoms with Crippen molar-refractivity contribution in [2.75, 3.05) is 20.3 Å². The van der Waals surface area contributed by atoms with Crippen molar-refractivity contribution in [3.05, 3.63) is 80.8 Å². The summed E-state index contributed by atoms with van der Waals surface area (Å²) in [7, 11) is 1.44. The lowest BCUT2D eigenvalue weighted by atomic mass is 9.46. The molecule has 0 radical (unpaired) electrons. The van der Waals surface area contributed by atoms with Gasteiger partial charge in [-0.1, -0.05) is 51.4 Å². The smallest absolute Gasteiger partial charge is 0.497 e. The second kappa shape index (κ2) is 22.7. The van der Waals surface area contributed by atoms with Crippen LogP contribution in [0, 0.1) is 55.4 Å². The molecule has 8 rings (SSSR count). The summed E-state index contributed by atoms with van der Waals surface area (Å²) in [6.45, 7) is 10.2. The van der Waals surface area contributed by atoms with Crippen molar-refractivity contribution in [3.63, 3.8) is 0 Å². The van der Waals surface area contributed by atoms with Gasteiger partial charge in [-0.15, -0.1) is 0 Å². The number of non-ortho nitro benzene ring substituents is 1. The minimum absolute atomic E-state index is 0.00194. The van der Waals surface area contributed by atoms with Crippen LogP contribution < -0.4 is 9.47 Å². The molecule has 5 fully saturated rings. The average Bonchev–Trinajstić information content (AvgIpc) is 3.62. The fourth-order valence-electron chi connectivity index (χ4n) is 13.2. The van der Waals surface area contributed by atoms with Crippen LogP contribution in [0.15, 0.2) is 65.4 Å². The van der Waals surface area contributed by atoms with Crippen LogP contribution >= 0.6 is 0 Å². The van der Waals surface area contributed by atoms with Gasteiger partial charge in [0.2, 0.25) is 0 Å². The number of esters is 2. The molecule has 0 bridgehead atoms. The zero-order valence-corrected chi connectivity index (χ0v) is 43.4. The number of methoxy groups -OCH3 is 1. The molecule has 0 aromatic heterocycles. The van der Waals surface area contributed by atoms with E-state index in [1.54, 1.807) is 6.92 Å². The minimum atomic E-state index is -1.81. The number of hydrogen-bond acceptors (Lipinski definition) is 20. The Balaban J connectivity index is 1.10. The Bertz CT molecular complexity index is 2450. The van der Waals surface area contributed by atoms with E-state index >= 15 is 0 Å². The van der Waals surface area contributed by atoms with E-state index in [1.165, 1.54) is 36.9 Å². The van der Waals surface area contributed by atoms with Crippen molar-refractivity contribution in [1.29, 1.82) is 0 Å². The Hall–Kier alpha value is -5.42. The van der Waals surface area contributed by atoms with Crippen molar-refractivity contribution in [2.24, 2.45) is 45.6 Å². The quantitative estimate of drug-likeness (QED) is 0.0275. The van der Waals surface area contributed by atoms with Crippen LogP contribution in [0.5, 0.6) is 11.5 Å². The summed E-state index contributed by atoms with van der Waals surface area (Å²) >= 11 is 0. The van der Waals surface area contributed by atoms with Crippen LogP contribution in [-0.2, 0) is 42.7 Å². The number of hydrogen-bond donors (Lipinski definition) is 3. The number of carbonyl (C=O) groups is 4. The zero-order valence-electron chi connectivity index (χ0n) is 43.4. The molecule has 17 atom stereocenters. The molecule has 6 aliphatic rings. The second-order valence-corrected chi connectivity index (χ2v) is 22.0. The molecule has 21 heteroatoms. The summed E-state index contributed by atoms with van der Waals surface area (Å²) in [6.07, 6.45) is -8.25. The highest BCUT2D eigenvalue weighted by Gasteiger charge is 2.71. The van der Waals surface area contributed by atoms with Crippen molar-refractivity contribution in [3.8, 4) is 11.5 Å². The van der Waals surface area contributed by atoms with Crippen LogP contribution in [0.4, 0.5) is 10.5 Å². The summed E-state index contributed by atoms with van der Waals surface area (Å²) in [5.41, 5.74) is -1.82. The number of ketones is 1. The molecule has 21 nitrogen and oxygen atoms in total. The monoisotopic (exact) mass is 1050 g/mol. The standard InChI is InChI=1S/C54H70N2O19/c1-28(2)8-19-40(58)29(3)54(63)43(25-39-37-18-11-32-24-33(55-64)20-22-52(32,5)38(37)21-23-53(39,54)6)72-49-46(70-30(4)57)44(41(59)26-68-49)74-50-47(73-48(61)31-9-14-35(67-7)15-10-31)45(42(60)27-69-50)75-51(62)71-36-16-12-34(13-17-36)56(65)66/h9-17,28-29,33,37-39,41-47,49-50,59-60,63H,8,18-27H2,1-7H3/t29-,33?,37?,38?,39+,41?,42?,43?,44?,45?,46?,47?,49?,50?,52?,53?,54-/m1/s1. The summed E-state index contributed by atoms with van der Waals surface area (Å²) < 4.78 is 53.3. The third-order valence-electron chi connectivity index (χ3n) is 17.3. The van der Waals surface area contributed by atoms with E-state index in [1.807, 2.05) is 20.8 Å². The fourth-order valence-corrected chi connectivity index (χ4v) is 13.2. The predicted molar refractivity (Wildman–Crippen MR) is 263 cm³/mol. The largest absolute Gasteiger partial charge is 0.514 e. The molecule has 2 saturated heterocycles. The van der Waals surface area contributed by atoms with Crippen molar-refractivity contribution in [2.45, 2.75) is 166 Å². The summed E-state index contributed by atoms with van der Waals surface area (Å²) in [4.78, 5) is 76.8. The Labute approximate surface area is 434 Å². The predicted octanol–water partition coefficient (Wildman–Crippen LogP) is 6.93. The molecule has 4 aliphatic carbocycles. The molecule has 14 unspecified atom stereocenters. The van der Waals surface area contributed by atoms with Crippen LogP contribution in [0.25, 0.3) is 0 Å². The van der Waals surface area contributed by atoms with Crippen LogP contribution in [-0.4, -0.2) is 131 Å². The Morgan fingerprint density at radius 1 is 0.840 bits per heavy atom. The van der Waals surface area contributed by atoms with Crippen LogP contribution in [0.3, 0.4) is 0 Å². The topological polar surface area (TPSA) is 285 Å². The first kappa shape index (κ1) is 55.8. The molecule has 0 amide bonds. The molecule has 2 heterocycles. The van der Waals surface area contributed by atoms with Gasteiger partial charge < -0.3 is 58.0 Å². The van der Waals surface area contributed by atoms with Gasteiger partial charge in [-0.3, -0.25) is 19.7 Å². The van der Waals surface area contributed by atoms with Gasteiger partial charge in [0.1, 0.15) is 41.2 Å². The van der Waals surface area contributed by atoms with E-state index in [0.717, 1.165) is 44.0 Å². The lowest BCUT2D eigenvalue weighted by Crippen LogP contribution is -2.64. The second-order valence-electron chi connectivity index (χ2n) is 22.0. The van der Waals surface area contributed by atoms with Gasteiger partial charge in [0, 0.05) is 36.8 Å². The summed E-state index contributed by atoms with van der Waals surface area (Å²) in [5.74, 6) is -2.20. The van der Waals surface area contributed by atoms with Crippen molar-refractivity contribution >= 4 is 29.6 Å². The van der Waals surface area contributed by atoms with Gasteiger partial charge in [-0.05, 0) is 117 Å². The number of aliphatic hydroxyl groups is 3. The van der Waals surface area contributed by atoms with E-state index in [9.17, 15) is 49.5 Å². The number of benzene rings is 2. The highest BCUT2D eigenvalue weighted by atomic mass is 16.8. The summed E-state index contributed by atoms with van der Waals surface area (Å²) in [6, 6.07) is 10.0. The van der Waals surface area contributed by atoms with Gasteiger partial charge in [0.15, 0.2) is 30.9 Å². The summed E-state index contributed by atoms with van der Waals surface area (Å²) in [5, 5.41) is 51.2. The lowest BCUT2D eigenvalue weighted by molar-refractivity contribution is -0.384. The number of fused-ring (bicyclic) bond motifs is 5. The molecular weight excluding hydrogens is 981 g/mol. The van der Waals surface area contributed by atoms with Gasteiger partial charge >= 0.3 is 18.1 Å². The number of carbonyl (C=O) groups excluding carboxylic acids is 4. The number of aliphatic hydroxyl groups excluding tert-OH is 2. The minimum Gasteiger partial charge on any atom is -0.497 e. The number of nitrogens with zero attached hydrogens (tertiary/aromatic N) is 2. The van der Waals surface area contributed by atoms with Gasteiger partial charge in [0.25, 0.3) is 5.69 Å². The molecule has 2 aliphatic heterocycles. The van der Waals surface area contributed by atoms with E-state index < -0.39 is 108 Å². The van der Waals surface area contributed by atoms with Crippen LogP contribution in [0.1, 0.15) is 110 Å².